The van der Waals surface area contributed by atoms with Gasteiger partial charge in [-0.15, -0.1) is 0 Å². The molecule has 1 heterocycles. The molecule has 1 atom stereocenters. The van der Waals surface area contributed by atoms with Gasteiger partial charge in [0.25, 0.3) is 5.91 Å². The number of carbonyl (C=O) groups excluding carboxylic acids is 1. The first kappa shape index (κ1) is 13.8. The van der Waals surface area contributed by atoms with Gasteiger partial charge in [0.15, 0.2) is 0 Å². The van der Waals surface area contributed by atoms with Crippen LogP contribution < -0.4 is 16.6 Å². The first-order chi connectivity index (χ1) is 9.20. The fraction of sp³-hybridized carbons (Fsp3) is 0.500. The Kier molecular flexibility index (Phi) is 4.76. The Hall–Kier alpha value is -1.59. The summed E-state index contributed by atoms with van der Waals surface area (Å²) in [5.41, 5.74) is 4.82. The van der Waals surface area contributed by atoms with Gasteiger partial charge in [0.2, 0.25) is 0 Å². The molecule has 4 N–H and O–H groups in total. The maximum atomic E-state index is 12.1. The van der Waals surface area contributed by atoms with Crippen LogP contribution in [0, 0.1) is 12.8 Å². The summed E-state index contributed by atoms with van der Waals surface area (Å²) in [7, 11) is 0. The molecule has 1 fully saturated rings. The van der Waals surface area contributed by atoms with E-state index in [0.717, 1.165) is 31.6 Å². The number of nitrogens with one attached hydrogen (secondary N) is 2. The molecule has 1 amide bonds. The van der Waals surface area contributed by atoms with Crippen molar-refractivity contribution in [3.05, 3.63) is 29.3 Å². The second-order valence-corrected chi connectivity index (χ2v) is 4.97. The van der Waals surface area contributed by atoms with E-state index in [1.807, 2.05) is 25.1 Å². The molecule has 1 unspecified atom stereocenters. The van der Waals surface area contributed by atoms with Gasteiger partial charge in [-0.25, -0.2) is 0 Å². The lowest BCUT2D eigenvalue weighted by molar-refractivity contribution is 0.0951. The van der Waals surface area contributed by atoms with Gasteiger partial charge in [-0.1, -0.05) is 11.6 Å². The third kappa shape index (κ3) is 3.68. The predicted octanol–water partition coefficient (Wildman–Crippen LogP) is 1.44. The van der Waals surface area contributed by atoms with Crippen LogP contribution in [-0.4, -0.2) is 25.7 Å². The topological polar surface area (TPSA) is 76.4 Å². The van der Waals surface area contributed by atoms with E-state index in [1.54, 1.807) is 0 Å². The van der Waals surface area contributed by atoms with E-state index < -0.39 is 0 Å². The van der Waals surface area contributed by atoms with Crippen LogP contribution in [0.4, 0.5) is 5.69 Å². The van der Waals surface area contributed by atoms with Crippen LogP contribution in [0.1, 0.15) is 28.8 Å². The van der Waals surface area contributed by atoms with Gasteiger partial charge in [0, 0.05) is 19.8 Å². The number of hydrazine groups is 1. The van der Waals surface area contributed by atoms with Gasteiger partial charge in [-0.2, -0.15) is 0 Å². The highest BCUT2D eigenvalue weighted by molar-refractivity contribution is 5.99. The van der Waals surface area contributed by atoms with Crippen molar-refractivity contribution in [1.82, 2.24) is 5.32 Å². The number of benzene rings is 1. The highest BCUT2D eigenvalue weighted by atomic mass is 16.5. The van der Waals surface area contributed by atoms with Crippen LogP contribution in [0.15, 0.2) is 18.2 Å². The summed E-state index contributed by atoms with van der Waals surface area (Å²) in [5, 5.41) is 2.94. The van der Waals surface area contributed by atoms with Crippen LogP contribution in [-0.2, 0) is 4.74 Å². The average molecular weight is 263 g/mol. The zero-order valence-corrected chi connectivity index (χ0v) is 11.2. The number of hydrogen-bond donors (Lipinski definition) is 3. The highest BCUT2D eigenvalue weighted by Crippen LogP contribution is 2.17. The van der Waals surface area contributed by atoms with Crippen molar-refractivity contribution in [2.75, 3.05) is 25.2 Å². The molecule has 104 valence electrons. The average Bonchev–Trinajstić information content (AvgIpc) is 2.91. The normalized spacial score (nSPS) is 18.3. The number of nitrogen functional groups attached to an aromatic ring is 1. The summed E-state index contributed by atoms with van der Waals surface area (Å²) in [6.07, 6.45) is 2.05. The largest absolute Gasteiger partial charge is 0.381 e. The summed E-state index contributed by atoms with van der Waals surface area (Å²) in [4.78, 5) is 12.1. The van der Waals surface area contributed by atoms with Gasteiger partial charge in [-0.3, -0.25) is 10.6 Å². The van der Waals surface area contributed by atoms with E-state index in [-0.39, 0.29) is 5.91 Å². The third-order valence-corrected chi connectivity index (χ3v) is 3.44. The van der Waals surface area contributed by atoms with Crippen molar-refractivity contribution in [3.63, 3.8) is 0 Å². The first-order valence-electron chi connectivity index (χ1n) is 6.64. The number of aryl methyl sites for hydroxylation is 1. The molecule has 0 radical (unpaired) electrons. The van der Waals surface area contributed by atoms with E-state index in [1.165, 1.54) is 0 Å². The molecule has 1 aromatic rings. The summed E-state index contributed by atoms with van der Waals surface area (Å²) in [6, 6.07) is 5.57. The molecule has 0 aromatic heterocycles. The SMILES string of the molecule is Cc1ccc(NN)c(C(=O)NCCC2CCOC2)c1. The molecule has 0 bridgehead atoms. The van der Waals surface area contributed by atoms with Crippen molar-refractivity contribution in [1.29, 1.82) is 0 Å². The van der Waals surface area contributed by atoms with Gasteiger partial charge in [0.05, 0.1) is 11.3 Å². The van der Waals surface area contributed by atoms with Crippen molar-refractivity contribution in [2.24, 2.45) is 11.8 Å². The maximum absolute atomic E-state index is 12.1. The summed E-state index contributed by atoms with van der Waals surface area (Å²) >= 11 is 0. The second-order valence-electron chi connectivity index (χ2n) is 4.97. The molecule has 19 heavy (non-hydrogen) atoms. The molecular weight excluding hydrogens is 242 g/mol. The molecule has 1 aliphatic rings. The standard InChI is InChI=1S/C14H21N3O2/c1-10-2-3-13(17-15)12(8-10)14(18)16-6-4-11-5-7-19-9-11/h2-3,8,11,17H,4-7,9,15H2,1H3,(H,16,18). The molecule has 1 aromatic carbocycles. The lowest BCUT2D eigenvalue weighted by atomic mass is 10.0. The Balaban J connectivity index is 1.89. The number of ether oxygens (including phenoxy) is 1. The van der Waals surface area contributed by atoms with Crippen LogP contribution in [0.5, 0.6) is 0 Å². The predicted molar refractivity (Wildman–Crippen MR) is 74.9 cm³/mol. The molecule has 1 saturated heterocycles. The van der Waals surface area contributed by atoms with Crippen LogP contribution in [0.3, 0.4) is 0 Å². The van der Waals surface area contributed by atoms with Crippen LogP contribution >= 0.6 is 0 Å². The summed E-state index contributed by atoms with van der Waals surface area (Å²) in [6.45, 7) is 4.28. The maximum Gasteiger partial charge on any atom is 0.253 e. The zero-order chi connectivity index (χ0) is 13.7. The Morgan fingerprint density at radius 1 is 1.53 bits per heavy atom. The second kappa shape index (κ2) is 6.54. The highest BCUT2D eigenvalue weighted by Gasteiger charge is 2.16. The monoisotopic (exact) mass is 263 g/mol. The van der Waals surface area contributed by atoms with Crippen molar-refractivity contribution < 1.29 is 9.53 Å². The summed E-state index contributed by atoms with van der Waals surface area (Å²) < 4.78 is 5.31. The molecule has 0 saturated carbocycles. The molecule has 0 aliphatic carbocycles. The lowest BCUT2D eigenvalue weighted by Crippen LogP contribution is -2.27. The quantitative estimate of drug-likeness (QED) is 0.555. The van der Waals surface area contributed by atoms with Crippen molar-refractivity contribution in [3.8, 4) is 0 Å². The smallest absolute Gasteiger partial charge is 0.253 e. The number of hydrogen-bond acceptors (Lipinski definition) is 4. The van der Waals surface area contributed by atoms with E-state index in [0.29, 0.717) is 23.7 Å². The van der Waals surface area contributed by atoms with Gasteiger partial charge < -0.3 is 15.5 Å². The van der Waals surface area contributed by atoms with E-state index in [4.69, 9.17) is 10.6 Å². The lowest BCUT2D eigenvalue weighted by Gasteiger charge is -2.12. The third-order valence-electron chi connectivity index (χ3n) is 3.44. The molecule has 2 rings (SSSR count). The van der Waals surface area contributed by atoms with Gasteiger partial charge in [-0.05, 0) is 37.8 Å². The Bertz CT molecular complexity index is 442. The van der Waals surface area contributed by atoms with Crippen molar-refractivity contribution in [2.45, 2.75) is 19.8 Å². The van der Waals surface area contributed by atoms with Crippen LogP contribution in [0.25, 0.3) is 0 Å². The van der Waals surface area contributed by atoms with Crippen molar-refractivity contribution >= 4 is 11.6 Å². The molecule has 1 aliphatic heterocycles. The van der Waals surface area contributed by atoms with E-state index >= 15 is 0 Å². The fourth-order valence-electron chi connectivity index (χ4n) is 2.27. The minimum Gasteiger partial charge on any atom is -0.381 e. The number of amides is 1. The van der Waals surface area contributed by atoms with Crippen LogP contribution in [0.2, 0.25) is 0 Å². The molecule has 0 spiro atoms. The Morgan fingerprint density at radius 3 is 3.05 bits per heavy atom. The minimum absolute atomic E-state index is 0.0874. The molecule has 5 nitrogen and oxygen atoms in total. The summed E-state index contributed by atoms with van der Waals surface area (Å²) in [5.74, 6) is 5.91. The molecule has 5 heteroatoms. The van der Waals surface area contributed by atoms with Gasteiger partial charge in [0.1, 0.15) is 0 Å². The number of rotatable bonds is 5. The van der Waals surface area contributed by atoms with E-state index in [2.05, 4.69) is 10.7 Å². The Labute approximate surface area is 113 Å². The Morgan fingerprint density at radius 2 is 2.37 bits per heavy atom. The number of carbonyl (C=O) groups is 1. The van der Waals surface area contributed by atoms with E-state index in [9.17, 15) is 4.79 Å². The molecular formula is C14H21N3O2. The minimum atomic E-state index is -0.0874. The first-order valence-corrected chi connectivity index (χ1v) is 6.64. The number of nitrogens with two attached hydrogens (primary N) is 1. The fourth-order valence-corrected chi connectivity index (χ4v) is 2.27. The van der Waals surface area contributed by atoms with Gasteiger partial charge >= 0.3 is 0 Å². The zero-order valence-electron chi connectivity index (χ0n) is 11.2. The number of anilines is 1.